The standard InChI is InChI=1S/C28H23N3O3/c1-34-25-16-21-12-6-5-11-20(21)15-23(25)28(33)31(17-19-9-3-2-4-10-19)18-26-29-24-14-8-7-13-22(24)27(32)30-26/h2-16H,17-18H2,1H3,(H,29,30,32). The van der Waals surface area contributed by atoms with Crippen LogP contribution in [0.25, 0.3) is 21.7 Å². The van der Waals surface area contributed by atoms with Gasteiger partial charge in [0.05, 0.1) is 30.1 Å². The molecule has 5 rings (SSSR count). The van der Waals surface area contributed by atoms with Crippen molar-refractivity contribution in [3.8, 4) is 5.75 Å². The Hall–Kier alpha value is -4.45. The molecule has 0 saturated heterocycles. The summed E-state index contributed by atoms with van der Waals surface area (Å²) < 4.78 is 5.58. The Labute approximate surface area is 196 Å². The largest absolute Gasteiger partial charge is 0.496 e. The molecule has 1 aromatic heterocycles. The van der Waals surface area contributed by atoms with Gasteiger partial charge in [-0.15, -0.1) is 0 Å². The minimum Gasteiger partial charge on any atom is -0.496 e. The molecular formula is C28H23N3O3. The third-order valence-electron chi connectivity index (χ3n) is 5.80. The van der Waals surface area contributed by atoms with Crippen molar-refractivity contribution in [3.63, 3.8) is 0 Å². The number of hydrogen-bond donors (Lipinski definition) is 1. The number of aromatic nitrogens is 2. The number of carbonyl (C=O) groups is 1. The van der Waals surface area contributed by atoms with Crippen LogP contribution < -0.4 is 10.3 Å². The summed E-state index contributed by atoms with van der Waals surface area (Å²) in [6.07, 6.45) is 0. The van der Waals surface area contributed by atoms with Crippen LogP contribution >= 0.6 is 0 Å². The molecule has 168 valence electrons. The van der Waals surface area contributed by atoms with Crippen molar-refractivity contribution < 1.29 is 9.53 Å². The molecule has 5 aromatic rings. The van der Waals surface area contributed by atoms with Gasteiger partial charge < -0.3 is 14.6 Å². The predicted molar refractivity (Wildman–Crippen MR) is 133 cm³/mol. The lowest BCUT2D eigenvalue weighted by Crippen LogP contribution is -2.32. The molecule has 4 aromatic carbocycles. The van der Waals surface area contributed by atoms with Crippen LogP contribution in [0.1, 0.15) is 21.7 Å². The molecule has 0 radical (unpaired) electrons. The second-order valence-electron chi connectivity index (χ2n) is 8.08. The number of ether oxygens (including phenoxy) is 1. The van der Waals surface area contributed by atoms with Crippen LogP contribution in [0.15, 0.2) is 95.8 Å². The van der Waals surface area contributed by atoms with Crippen LogP contribution in [0.3, 0.4) is 0 Å². The van der Waals surface area contributed by atoms with E-state index in [1.165, 1.54) is 0 Å². The summed E-state index contributed by atoms with van der Waals surface area (Å²) in [6.45, 7) is 0.496. The highest BCUT2D eigenvalue weighted by atomic mass is 16.5. The zero-order valence-corrected chi connectivity index (χ0v) is 18.7. The number of hydrogen-bond acceptors (Lipinski definition) is 4. The number of nitrogens with one attached hydrogen (secondary N) is 1. The van der Waals surface area contributed by atoms with Gasteiger partial charge in [-0.3, -0.25) is 9.59 Å². The molecule has 0 spiro atoms. The van der Waals surface area contributed by atoms with Gasteiger partial charge in [-0.1, -0.05) is 66.7 Å². The van der Waals surface area contributed by atoms with Gasteiger partial charge in [-0.25, -0.2) is 4.98 Å². The van der Waals surface area contributed by atoms with Crippen molar-refractivity contribution in [2.45, 2.75) is 13.1 Å². The molecule has 0 atom stereocenters. The van der Waals surface area contributed by atoms with Crippen LogP contribution in [0, 0.1) is 0 Å². The number of carbonyl (C=O) groups excluding carboxylic acids is 1. The molecule has 1 N–H and O–H groups in total. The molecule has 34 heavy (non-hydrogen) atoms. The normalized spacial score (nSPS) is 11.0. The van der Waals surface area contributed by atoms with E-state index in [0.29, 0.717) is 34.6 Å². The summed E-state index contributed by atoms with van der Waals surface area (Å²) in [5, 5.41) is 2.46. The number of amides is 1. The number of methoxy groups -OCH3 is 1. The van der Waals surface area contributed by atoms with E-state index < -0.39 is 0 Å². The molecule has 0 saturated carbocycles. The van der Waals surface area contributed by atoms with Crippen LogP contribution in [-0.4, -0.2) is 27.9 Å². The third kappa shape index (κ3) is 4.26. The highest BCUT2D eigenvalue weighted by molar-refractivity contribution is 6.01. The Morgan fingerprint density at radius 3 is 2.32 bits per heavy atom. The molecule has 6 heteroatoms. The lowest BCUT2D eigenvalue weighted by molar-refractivity contribution is 0.0722. The Balaban J connectivity index is 1.57. The van der Waals surface area contributed by atoms with E-state index in [-0.39, 0.29) is 18.0 Å². The van der Waals surface area contributed by atoms with Gasteiger partial charge in [0, 0.05) is 6.54 Å². The number of benzene rings is 4. The van der Waals surface area contributed by atoms with Crippen LogP contribution in [0.2, 0.25) is 0 Å². The molecule has 0 aliphatic heterocycles. The zero-order chi connectivity index (χ0) is 23.5. The van der Waals surface area contributed by atoms with Gasteiger partial charge in [-0.05, 0) is 40.6 Å². The maximum absolute atomic E-state index is 13.9. The van der Waals surface area contributed by atoms with Crippen LogP contribution in [-0.2, 0) is 13.1 Å². The Morgan fingerprint density at radius 1 is 0.882 bits per heavy atom. The first-order valence-electron chi connectivity index (χ1n) is 11.0. The summed E-state index contributed by atoms with van der Waals surface area (Å²) in [5.74, 6) is 0.719. The second-order valence-corrected chi connectivity index (χ2v) is 8.08. The van der Waals surface area contributed by atoms with E-state index in [0.717, 1.165) is 16.3 Å². The monoisotopic (exact) mass is 449 g/mol. The van der Waals surface area contributed by atoms with E-state index >= 15 is 0 Å². The molecule has 0 unspecified atom stereocenters. The lowest BCUT2D eigenvalue weighted by atomic mass is 10.0. The van der Waals surface area contributed by atoms with Gasteiger partial charge in [0.25, 0.3) is 11.5 Å². The van der Waals surface area contributed by atoms with E-state index in [2.05, 4.69) is 9.97 Å². The lowest BCUT2D eigenvalue weighted by Gasteiger charge is -2.24. The van der Waals surface area contributed by atoms with Crippen molar-refractivity contribution in [2.75, 3.05) is 7.11 Å². The number of aromatic amines is 1. The van der Waals surface area contributed by atoms with E-state index in [1.807, 2.05) is 72.8 Å². The predicted octanol–water partition coefficient (Wildman–Crippen LogP) is 4.93. The average molecular weight is 450 g/mol. The topological polar surface area (TPSA) is 75.3 Å². The maximum Gasteiger partial charge on any atom is 0.258 e. The van der Waals surface area contributed by atoms with Crippen LogP contribution in [0.5, 0.6) is 5.75 Å². The average Bonchev–Trinajstić information content (AvgIpc) is 2.87. The molecule has 1 amide bonds. The number of fused-ring (bicyclic) bond motifs is 2. The second kappa shape index (κ2) is 9.19. The van der Waals surface area contributed by atoms with E-state index in [1.54, 1.807) is 30.2 Å². The van der Waals surface area contributed by atoms with Crippen molar-refractivity contribution in [2.24, 2.45) is 0 Å². The fourth-order valence-corrected chi connectivity index (χ4v) is 4.12. The zero-order valence-electron chi connectivity index (χ0n) is 18.7. The van der Waals surface area contributed by atoms with Crippen LogP contribution in [0.4, 0.5) is 0 Å². The van der Waals surface area contributed by atoms with Gasteiger partial charge in [0.1, 0.15) is 11.6 Å². The van der Waals surface area contributed by atoms with Crippen molar-refractivity contribution >= 4 is 27.6 Å². The first kappa shape index (κ1) is 21.4. The highest BCUT2D eigenvalue weighted by Crippen LogP contribution is 2.28. The number of rotatable bonds is 6. The molecule has 0 aliphatic rings. The van der Waals surface area contributed by atoms with Gasteiger partial charge in [-0.2, -0.15) is 0 Å². The number of para-hydroxylation sites is 1. The van der Waals surface area contributed by atoms with Gasteiger partial charge >= 0.3 is 0 Å². The Kier molecular flexibility index (Phi) is 5.79. The smallest absolute Gasteiger partial charge is 0.258 e. The fourth-order valence-electron chi connectivity index (χ4n) is 4.12. The first-order chi connectivity index (χ1) is 16.6. The van der Waals surface area contributed by atoms with E-state index in [9.17, 15) is 9.59 Å². The Bertz CT molecular complexity index is 1540. The van der Waals surface area contributed by atoms with Crippen molar-refractivity contribution in [1.82, 2.24) is 14.9 Å². The molecule has 1 heterocycles. The Morgan fingerprint density at radius 2 is 1.56 bits per heavy atom. The first-order valence-corrected chi connectivity index (χ1v) is 11.0. The summed E-state index contributed by atoms with van der Waals surface area (Å²) in [7, 11) is 1.56. The van der Waals surface area contributed by atoms with Gasteiger partial charge in [0.15, 0.2) is 0 Å². The third-order valence-corrected chi connectivity index (χ3v) is 5.80. The molecule has 0 bridgehead atoms. The summed E-state index contributed by atoms with van der Waals surface area (Å²) >= 11 is 0. The minimum absolute atomic E-state index is 0.143. The quantitative estimate of drug-likeness (QED) is 0.399. The molecule has 0 fully saturated rings. The number of H-pyrrole nitrogens is 1. The minimum atomic E-state index is -0.226. The van der Waals surface area contributed by atoms with Crippen molar-refractivity contribution in [3.05, 3.63) is 118 Å². The SMILES string of the molecule is COc1cc2ccccc2cc1C(=O)N(Cc1ccccc1)Cc1nc2ccccc2c(=O)[nH]1. The maximum atomic E-state index is 13.9. The fraction of sp³-hybridized carbons (Fsp3) is 0.107. The number of nitrogens with zero attached hydrogens (tertiary/aromatic N) is 2. The highest BCUT2D eigenvalue weighted by Gasteiger charge is 2.22. The molecule has 0 aliphatic carbocycles. The summed E-state index contributed by atoms with van der Waals surface area (Å²) in [5.41, 5.74) is 1.80. The summed E-state index contributed by atoms with van der Waals surface area (Å²) in [4.78, 5) is 35.6. The summed E-state index contributed by atoms with van der Waals surface area (Å²) in [6, 6.07) is 28.5. The van der Waals surface area contributed by atoms with Crippen molar-refractivity contribution in [1.29, 1.82) is 0 Å². The molecule has 6 nitrogen and oxygen atoms in total. The molecular weight excluding hydrogens is 426 g/mol. The van der Waals surface area contributed by atoms with E-state index in [4.69, 9.17) is 4.74 Å². The van der Waals surface area contributed by atoms with Gasteiger partial charge in [0.2, 0.25) is 0 Å².